The van der Waals surface area contributed by atoms with Gasteiger partial charge >= 0.3 is 12.2 Å². The number of hydrogen-bond acceptors (Lipinski definition) is 16. The number of piperidine rings is 4. The number of oxime groups is 1. The lowest BCUT2D eigenvalue weighted by Crippen LogP contribution is -2.63. The highest BCUT2D eigenvalue weighted by atomic mass is 35.5. The van der Waals surface area contributed by atoms with Crippen molar-refractivity contribution in [2.45, 2.75) is 183 Å². The van der Waals surface area contributed by atoms with Crippen molar-refractivity contribution in [1.29, 1.82) is 5.41 Å². The van der Waals surface area contributed by atoms with E-state index in [1.54, 1.807) is 9.80 Å². The van der Waals surface area contributed by atoms with Gasteiger partial charge in [-0.1, -0.05) is 16.8 Å². The van der Waals surface area contributed by atoms with Crippen LogP contribution in [0.15, 0.2) is 17.8 Å². The van der Waals surface area contributed by atoms with E-state index >= 15 is 0 Å². The van der Waals surface area contributed by atoms with E-state index in [0.717, 1.165) is 132 Å². The Bertz CT molecular complexity index is 2450. The number of halogens is 1. The van der Waals surface area contributed by atoms with E-state index in [-0.39, 0.29) is 63.6 Å². The SMILES string of the molecule is CC(C)(C)OC(=O)N1CCC(C(=N)Cl)CC1.Cc1ncnc(C)c1C(=O)N1CCC(C)(N2CCN(/C(=N/O)C3CCN(C(=O)OC(C)(C)C)CC3)[C@@H](C)C2)CC1.Cc1ncnc(C)c1C(=O)N1CCC(C)(N2CCN[C@@H](C)C2)CC1.O. The fourth-order valence-electron chi connectivity index (χ4n) is 12.0. The second kappa shape index (κ2) is 28.3. The zero-order valence-corrected chi connectivity index (χ0v) is 51.9. The molecule has 6 fully saturated rings. The maximum Gasteiger partial charge on any atom is 0.410 e. The van der Waals surface area contributed by atoms with Gasteiger partial charge in [-0.05, 0) is 148 Å². The van der Waals surface area contributed by atoms with Crippen LogP contribution in [0.4, 0.5) is 9.59 Å². The van der Waals surface area contributed by atoms with Crippen molar-refractivity contribution in [3.8, 4) is 0 Å². The normalized spacial score (nSPS) is 22.5. The van der Waals surface area contributed by atoms with Gasteiger partial charge in [0.25, 0.3) is 11.8 Å². The summed E-state index contributed by atoms with van der Waals surface area (Å²) in [5.74, 6) is 1.06. The number of nitrogens with one attached hydrogen (secondary N) is 2. The third-order valence-corrected chi connectivity index (χ3v) is 17.4. The maximum atomic E-state index is 13.3. The Morgan fingerprint density at radius 3 is 1.35 bits per heavy atom. The lowest BCUT2D eigenvalue weighted by Gasteiger charge is -2.52. The fourth-order valence-corrected chi connectivity index (χ4v) is 12.2. The van der Waals surface area contributed by atoms with Gasteiger partial charge in [-0.15, -0.1) is 0 Å². The molecule has 0 bridgehead atoms. The number of hydrogen-bond donors (Lipinski definition) is 3. The molecule has 6 aliphatic heterocycles. The molecule has 5 N–H and O–H groups in total. The van der Waals surface area contributed by atoms with Crippen LogP contribution in [-0.4, -0.2) is 226 Å². The first-order valence-corrected chi connectivity index (χ1v) is 29.5. The van der Waals surface area contributed by atoms with Crippen LogP contribution in [0.2, 0.25) is 0 Å². The van der Waals surface area contributed by atoms with Crippen molar-refractivity contribution >= 4 is 46.6 Å². The van der Waals surface area contributed by atoms with Gasteiger partial charge in [0.15, 0.2) is 0 Å². The highest BCUT2D eigenvalue weighted by Crippen LogP contribution is 2.34. The number of likely N-dealkylation sites (tertiary alicyclic amines) is 4. The lowest BCUT2D eigenvalue weighted by molar-refractivity contribution is -0.00339. The minimum atomic E-state index is -0.515. The summed E-state index contributed by atoms with van der Waals surface area (Å²) in [4.78, 5) is 82.0. The van der Waals surface area contributed by atoms with Crippen LogP contribution in [0.3, 0.4) is 0 Å². The van der Waals surface area contributed by atoms with Crippen LogP contribution in [0.1, 0.15) is 164 Å². The van der Waals surface area contributed by atoms with Gasteiger partial charge < -0.3 is 50.0 Å². The number of carbonyl (C=O) groups excluding carboxylic acids is 4. The second-order valence-electron chi connectivity index (χ2n) is 25.5. The van der Waals surface area contributed by atoms with Crippen LogP contribution < -0.4 is 5.32 Å². The molecule has 6 aliphatic rings. The highest BCUT2D eigenvalue weighted by Gasteiger charge is 2.43. The van der Waals surface area contributed by atoms with Crippen LogP contribution >= 0.6 is 11.6 Å². The van der Waals surface area contributed by atoms with Gasteiger partial charge in [0.2, 0.25) is 0 Å². The summed E-state index contributed by atoms with van der Waals surface area (Å²) in [5, 5.41) is 24.9. The molecule has 2 aromatic heterocycles. The lowest BCUT2D eigenvalue weighted by atomic mass is 9.86. The molecule has 2 aromatic rings. The molecule has 6 saturated heterocycles. The monoisotopic (exact) mass is 1150 g/mol. The van der Waals surface area contributed by atoms with E-state index in [0.29, 0.717) is 56.4 Å². The number of aromatic nitrogens is 4. The molecule has 0 radical (unpaired) electrons. The quantitative estimate of drug-likeness (QED) is 0.115. The van der Waals surface area contributed by atoms with Crippen LogP contribution in [-0.2, 0) is 9.47 Å². The van der Waals surface area contributed by atoms with E-state index in [4.69, 9.17) is 26.5 Å². The first-order valence-electron chi connectivity index (χ1n) is 29.1. The number of rotatable bonds is 6. The predicted octanol–water partition coefficient (Wildman–Crippen LogP) is 6.94. The first-order chi connectivity index (χ1) is 37.5. The van der Waals surface area contributed by atoms with Gasteiger partial charge in [-0.2, -0.15) is 0 Å². The van der Waals surface area contributed by atoms with Crippen molar-refractivity contribution in [1.82, 2.24) is 59.6 Å². The second-order valence-corrected chi connectivity index (χ2v) is 25.9. The smallest absolute Gasteiger partial charge is 0.410 e. The van der Waals surface area contributed by atoms with E-state index in [1.807, 2.05) is 79.0 Å². The van der Waals surface area contributed by atoms with E-state index in [1.165, 1.54) is 12.7 Å². The first kappa shape index (κ1) is 66.5. The summed E-state index contributed by atoms with van der Waals surface area (Å²) in [5.41, 5.74) is 3.55. The number of piperazine rings is 2. The molecule has 2 atom stereocenters. The number of amidine groups is 1. The Labute approximate surface area is 486 Å². The van der Waals surface area contributed by atoms with Crippen LogP contribution in [0.25, 0.3) is 0 Å². The summed E-state index contributed by atoms with van der Waals surface area (Å²) in [6.07, 6.45) is 9.35. The largest absolute Gasteiger partial charge is 0.444 e. The third-order valence-electron chi connectivity index (χ3n) is 17.1. The van der Waals surface area contributed by atoms with E-state index in [9.17, 15) is 24.4 Å². The molecule has 0 saturated carbocycles. The van der Waals surface area contributed by atoms with Crippen LogP contribution in [0, 0.1) is 44.9 Å². The minimum absolute atomic E-state index is 0. The van der Waals surface area contributed by atoms with Crippen molar-refractivity contribution in [2.75, 3.05) is 91.6 Å². The Morgan fingerprint density at radius 2 is 1.00 bits per heavy atom. The van der Waals surface area contributed by atoms with Crippen LogP contribution in [0.5, 0.6) is 0 Å². The number of aryl methyl sites for hydroxylation is 4. The van der Waals surface area contributed by atoms with E-state index < -0.39 is 11.2 Å². The highest BCUT2D eigenvalue weighted by molar-refractivity contribution is 6.65. The topological polar surface area (TPSA) is 261 Å². The zero-order valence-electron chi connectivity index (χ0n) is 51.2. The zero-order chi connectivity index (χ0) is 58.9. The van der Waals surface area contributed by atoms with Crippen molar-refractivity contribution in [3.05, 3.63) is 46.6 Å². The summed E-state index contributed by atoms with van der Waals surface area (Å²) in [7, 11) is 0. The van der Waals surface area contributed by atoms with E-state index in [2.05, 4.69) is 72.8 Å². The molecule has 454 valence electrons. The Morgan fingerprint density at radius 1 is 0.617 bits per heavy atom. The molecule has 0 unspecified atom stereocenters. The Balaban J connectivity index is 0.000000248. The Kier molecular flexibility index (Phi) is 23.3. The molecule has 0 aromatic carbocycles. The number of amides is 4. The van der Waals surface area contributed by atoms with Crippen molar-refractivity contribution in [2.24, 2.45) is 17.0 Å². The number of ether oxygens (including phenoxy) is 2. The third kappa shape index (κ3) is 17.6. The van der Waals surface area contributed by atoms with Crippen molar-refractivity contribution in [3.63, 3.8) is 0 Å². The van der Waals surface area contributed by atoms with Gasteiger partial charge in [0.05, 0.1) is 33.9 Å². The summed E-state index contributed by atoms with van der Waals surface area (Å²) in [6, 6.07) is 0.730. The molecule has 8 heterocycles. The standard InChI is InChI=1S/C29H47N7O4.C18H29N5O.C11H19ClN2O2.H2O/c1-20-18-35(29(7)10-14-33(15-11-29)26(37)24-21(2)30-19-31-22(24)3)16-17-36(20)25(32-39)23-8-12-34(13-9-23)27(38)40-28(4,5)6;1-13-11-23(10-7-19-13)18(4)5-8-22(9-6-18)17(24)16-14(2)20-12-21-15(16)3;1-11(2,3)16-10(15)14-6-4-8(5-7-14)9(12)13;/h19-20,23,39H,8-18H2,1-7H3;12-13,19H,5-11H2,1-4H3;8,13H,4-7H2,1-3H3;1H2/b32-25+;;;/t20-;13-;;/m00../s1. The molecule has 81 heavy (non-hydrogen) atoms. The fraction of sp³-hybridized carbons (Fsp3) is 0.759. The predicted molar refractivity (Wildman–Crippen MR) is 314 cm³/mol. The molecule has 0 spiro atoms. The van der Waals surface area contributed by atoms with Crippen molar-refractivity contribution < 1.29 is 39.3 Å². The molecule has 23 heteroatoms. The average Bonchev–Trinajstić information content (AvgIpc) is 3.41. The van der Waals surface area contributed by atoms with Gasteiger partial charge in [-0.3, -0.25) is 24.8 Å². The van der Waals surface area contributed by atoms with Gasteiger partial charge in [0, 0.05) is 127 Å². The summed E-state index contributed by atoms with van der Waals surface area (Å²) in [6.45, 7) is 39.0. The molecular weight excluding hydrogens is 1060 g/mol. The Hall–Kier alpha value is -5.29. The number of nitrogens with zero attached hydrogens (tertiary/aromatic N) is 12. The summed E-state index contributed by atoms with van der Waals surface area (Å²) < 4.78 is 10.8. The molecule has 22 nitrogen and oxygen atoms in total. The molecular formula is C58H97ClN14O8. The summed E-state index contributed by atoms with van der Waals surface area (Å²) >= 11 is 5.64. The average molecular weight is 1150 g/mol. The van der Waals surface area contributed by atoms with Gasteiger partial charge in [-0.25, -0.2) is 29.5 Å². The molecule has 0 aliphatic carbocycles. The maximum absolute atomic E-state index is 13.3. The molecule has 8 rings (SSSR count). The number of carbonyl (C=O) groups is 4. The molecule has 4 amide bonds. The minimum Gasteiger partial charge on any atom is -0.444 e. The van der Waals surface area contributed by atoms with Gasteiger partial charge in [0.1, 0.15) is 34.9 Å².